The van der Waals surface area contributed by atoms with Crippen LogP contribution in [0.4, 0.5) is 0 Å². The van der Waals surface area contributed by atoms with Crippen LogP contribution in [-0.2, 0) is 9.47 Å². The van der Waals surface area contributed by atoms with Crippen molar-refractivity contribution in [2.24, 2.45) is 0 Å². The van der Waals surface area contributed by atoms with Crippen LogP contribution in [0.15, 0.2) is 0 Å². The summed E-state index contributed by atoms with van der Waals surface area (Å²) >= 11 is 1.92. The van der Waals surface area contributed by atoms with Gasteiger partial charge in [-0.3, -0.25) is 0 Å². The highest BCUT2D eigenvalue weighted by Crippen LogP contribution is 2.32. The first kappa shape index (κ1) is 10.7. The molecule has 0 aromatic heterocycles. The van der Waals surface area contributed by atoms with E-state index < -0.39 is 0 Å². The zero-order valence-electron chi connectivity index (χ0n) is 8.91. The predicted octanol–water partition coefficient (Wildman–Crippen LogP) is 0.885. The van der Waals surface area contributed by atoms with Gasteiger partial charge in [-0.15, -0.1) is 0 Å². The Morgan fingerprint density at radius 2 is 2.00 bits per heavy atom. The van der Waals surface area contributed by atoms with Gasteiger partial charge in [0.25, 0.3) is 0 Å². The lowest BCUT2D eigenvalue weighted by molar-refractivity contribution is -0.137. The van der Waals surface area contributed by atoms with E-state index >= 15 is 0 Å². The average Bonchev–Trinajstić information content (AvgIpc) is 2.37. The molecule has 0 aromatic carbocycles. The van der Waals surface area contributed by atoms with Crippen LogP contribution in [0.5, 0.6) is 0 Å². The maximum absolute atomic E-state index is 5.78. The zero-order chi connectivity index (χ0) is 10.0. The molecule has 82 valence electrons. The number of rotatable bonds is 1. The maximum atomic E-state index is 5.78. The van der Waals surface area contributed by atoms with Crippen LogP contribution in [0.25, 0.3) is 0 Å². The van der Waals surface area contributed by atoms with Crippen molar-refractivity contribution in [3.8, 4) is 0 Å². The normalized spacial score (nSPS) is 44.1. The molecule has 0 radical (unpaired) electrons. The second-order valence-corrected chi connectivity index (χ2v) is 5.70. The van der Waals surface area contributed by atoms with Crippen molar-refractivity contribution in [1.82, 2.24) is 5.32 Å². The summed E-state index contributed by atoms with van der Waals surface area (Å²) in [5.41, 5.74) is 0. The molecule has 0 aliphatic carbocycles. The molecule has 14 heavy (non-hydrogen) atoms. The molecular formula is C10H19NO2S. The van der Waals surface area contributed by atoms with E-state index in [1.54, 1.807) is 0 Å². The Hall–Kier alpha value is 0.230. The van der Waals surface area contributed by atoms with Gasteiger partial charge in [-0.2, -0.15) is 11.8 Å². The number of ether oxygens (including phenoxy) is 2. The van der Waals surface area contributed by atoms with Gasteiger partial charge < -0.3 is 14.8 Å². The lowest BCUT2D eigenvalue weighted by atomic mass is 10.0. The standard InChI is InChI=1S/C10H19NO2S/c1-10(14-2)5-8-9(6-11-7-10)13-4-3-12-8/h8-9,11H,3-7H2,1-2H3. The van der Waals surface area contributed by atoms with Gasteiger partial charge in [0.2, 0.25) is 0 Å². The first-order chi connectivity index (χ1) is 6.73. The van der Waals surface area contributed by atoms with Gasteiger partial charge in [0.1, 0.15) is 0 Å². The summed E-state index contributed by atoms with van der Waals surface area (Å²) in [6, 6.07) is 0. The smallest absolute Gasteiger partial charge is 0.0962 e. The van der Waals surface area contributed by atoms with Gasteiger partial charge in [-0.1, -0.05) is 0 Å². The first-order valence-corrected chi connectivity index (χ1v) is 6.45. The van der Waals surface area contributed by atoms with E-state index in [0.29, 0.717) is 4.75 Å². The fraction of sp³-hybridized carbons (Fsp3) is 1.00. The fourth-order valence-corrected chi connectivity index (χ4v) is 2.70. The molecule has 2 heterocycles. The van der Waals surface area contributed by atoms with Crippen LogP contribution < -0.4 is 5.32 Å². The second kappa shape index (κ2) is 4.39. The number of nitrogens with one attached hydrogen (secondary N) is 1. The minimum absolute atomic E-state index is 0.262. The molecule has 3 atom stereocenters. The average molecular weight is 217 g/mol. The molecular weight excluding hydrogens is 198 g/mol. The third-order valence-corrected chi connectivity index (χ3v) is 4.43. The quantitative estimate of drug-likeness (QED) is 0.706. The van der Waals surface area contributed by atoms with Gasteiger partial charge in [0.15, 0.2) is 0 Å². The van der Waals surface area contributed by atoms with Crippen LogP contribution in [0, 0.1) is 0 Å². The monoisotopic (exact) mass is 217 g/mol. The summed E-state index contributed by atoms with van der Waals surface area (Å²) in [7, 11) is 0. The minimum Gasteiger partial charge on any atom is -0.373 e. The van der Waals surface area contributed by atoms with Crippen LogP contribution in [0.1, 0.15) is 13.3 Å². The summed E-state index contributed by atoms with van der Waals surface area (Å²) in [5, 5.41) is 3.46. The molecule has 2 rings (SSSR count). The van der Waals surface area contributed by atoms with E-state index in [1.807, 2.05) is 11.8 Å². The Labute approximate surface area is 89.9 Å². The van der Waals surface area contributed by atoms with Crippen molar-refractivity contribution in [2.45, 2.75) is 30.3 Å². The van der Waals surface area contributed by atoms with Crippen molar-refractivity contribution in [3.05, 3.63) is 0 Å². The summed E-state index contributed by atoms with van der Waals surface area (Å²) in [6.45, 7) is 5.78. The molecule has 2 saturated heterocycles. The predicted molar refractivity (Wildman–Crippen MR) is 58.9 cm³/mol. The minimum atomic E-state index is 0.262. The van der Waals surface area contributed by atoms with Gasteiger partial charge in [-0.25, -0.2) is 0 Å². The molecule has 2 aliphatic heterocycles. The lowest BCUT2D eigenvalue weighted by Gasteiger charge is -2.33. The van der Waals surface area contributed by atoms with Crippen LogP contribution >= 0.6 is 11.8 Å². The van der Waals surface area contributed by atoms with E-state index in [0.717, 1.165) is 32.7 Å². The summed E-state index contributed by atoms with van der Waals surface area (Å²) < 4.78 is 11.8. The van der Waals surface area contributed by atoms with Crippen LogP contribution in [-0.4, -0.2) is 49.5 Å². The number of thioether (sulfide) groups is 1. The van der Waals surface area contributed by atoms with Gasteiger partial charge in [0, 0.05) is 17.8 Å². The summed E-state index contributed by atoms with van der Waals surface area (Å²) in [5.74, 6) is 0. The Bertz CT molecular complexity index is 203. The highest BCUT2D eigenvalue weighted by molar-refractivity contribution is 8.00. The molecule has 2 aliphatic rings. The van der Waals surface area contributed by atoms with Crippen molar-refractivity contribution in [3.63, 3.8) is 0 Å². The zero-order valence-corrected chi connectivity index (χ0v) is 9.73. The van der Waals surface area contributed by atoms with Crippen molar-refractivity contribution < 1.29 is 9.47 Å². The molecule has 0 saturated carbocycles. The van der Waals surface area contributed by atoms with Crippen molar-refractivity contribution in [2.75, 3.05) is 32.6 Å². The SMILES string of the molecule is CSC1(C)CNCC2OCCOC2C1. The number of hydrogen-bond acceptors (Lipinski definition) is 4. The van der Waals surface area contributed by atoms with Gasteiger partial charge in [-0.05, 0) is 19.6 Å². The van der Waals surface area contributed by atoms with E-state index in [9.17, 15) is 0 Å². The fourth-order valence-electron chi connectivity index (χ4n) is 2.13. The van der Waals surface area contributed by atoms with E-state index in [-0.39, 0.29) is 12.2 Å². The highest BCUT2D eigenvalue weighted by Gasteiger charge is 2.37. The third-order valence-electron chi connectivity index (χ3n) is 3.13. The molecule has 4 heteroatoms. The van der Waals surface area contributed by atoms with Crippen molar-refractivity contribution in [1.29, 1.82) is 0 Å². The second-order valence-electron chi connectivity index (χ2n) is 4.31. The Morgan fingerprint density at radius 1 is 1.29 bits per heavy atom. The third kappa shape index (κ3) is 2.24. The number of fused-ring (bicyclic) bond motifs is 1. The van der Waals surface area contributed by atoms with E-state index in [2.05, 4.69) is 18.5 Å². The first-order valence-electron chi connectivity index (χ1n) is 5.23. The Balaban J connectivity index is 2.03. The van der Waals surface area contributed by atoms with Crippen molar-refractivity contribution >= 4 is 11.8 Å². The largest absolute Gasteiger partial charge is 0.373 e. The van der Waals surface area contributed by atoms with E-state index in [4.69, 9.17) is 9.47 Å². The lowest BCUT2D eigenvalue weighted by Crippen LogP contribution is -2.42. The van der Waals surface area contributed by atoms with Crippen LogP contribution in [0.3, 0.4) is 0 Å². The molecule has 3 unspecified atom stereocenters. The molecule has 0 spiro atoms. The van der Waals surface area contributed by atoms with Gasteiger partial charge in [0.05, 0.1) is 25.4 Å². The molecule has 3 nitrogen and oxygen atoms in total. The summed E-state index contributed by atoms with van der Waals surface area (Å²) in [6.07, 6.45) is 3.81. The molecule has 0 amide bonds. The Kier molecular flexibility index (Phi) is 3.37. The molecule has 2 fully saturated rings. The van der Waals surface area contributed by atoms with Crippen LogP contribution in [0.2, 0.25) is 0 Å². The molecule has 0 aromatic rings. The summed E-state index contributed by atoms with van der Waals surface area (Å²) in [4.78, 5) is 0. The van der Waals surface area contributed by atoms with E-state index in [1.165, 1.54) is 0 Å². The highest BCUT2D eigenvalue weighted by atomic mass is 32.2. The molecule has 1 N–H and O–H groups in total. The maximum Gasteiger partial charge on any atom is 0.0962 e. The molecule has 0 bridgehead atoms. The van der Waals surface area contributed by atoms with Gasteiger partial charge >= 0.3 is 0 Å². The topological polar surface area (TPSA) is 30.5 Å². The number of hydrogen-bond donors (Lipinski definition) is 1. The Morgan fingerprint density at radius 3 is 2.71 bits per heavy atom.